The van der Waals surface area contributed by atoms with Gasteiger partial charge in [0, 0.05) is 37.3 Å². The lowest BCUT2D eigenvalue weighted by Gasteiger charge is -2.35. The number of fused-ring (bicyclic) bond motifs is 1. The van der Waals surface area contributed by atoms with E-state index in [1.807, 2.05) is 31.2 Å². The number of carbonyl (C=O) groups excluding carboxylic acids is 2. The predicted octanol–water partition coefficient (Wildman–Crippen LogP) is 1.76. The normalized spacial score (nSPS) is 14.6. The first-order valence-electron chi connectivity index (χ1n) is 8.89. The summed E-state index contributed by atoms with van der Waals surface area (Å²) in [6.45, 7) is 3.90. The van der Waals surface area contributed by atoms with Crippen LogP contribution in [-0.4, -0.2) is 57.8 Å². The molecule has 0 saturated carbocycles. The van der Waals surface area contributed by atoms with Gasteiger partial charge in [-0.15, -0.1) is 0 Å². The number of hydrogen-bond donors (Lipinski definition) is 2. The molecule has 2 amide bonds. The Bertz CT molecular complexity index is 1070. The van der Waals surface area contributed by atoms with Crippen molar-refractivity contribution < 1.29 is 9.59 Å². The standard InChI is InChI=1S/C20H20N4O3/c1-13-4-2-3-5-15(13)19(26)24-10-8-23(9-11-24)18(25)14-6-7-16-17(12-14)22-20(27)21-16/h2-7,12H,8-11H2,1H3,(H2,21,22,27). The van der Waals surface area contributed by atoms with Gasteiger partial charge in [-0.3, -0.25) is 9.59 Å². The molecule has 0 radical (unpaired) electrons. The number of amides is 2. The highest BCUT2D eigenvalue weighted by Crippen LogP contribution is 2.16. The number of nitrogens with one attached hydrogen (secondary N) is 2. The summed E-state index contributed by atoms with van der Waals surface area (Å²) in [6, 6.07) is 12.6. The predicted molar refractivity (Wildman–Crippen MR) is 102 cm³/mol. The Morgan fingerprint density at radius 2 is 1.48 bits per heavy atom. The van der Waals surface area contributed by atoms with E-state index in [2.05, 4.69) is 9.97 Å². The maximum Gasteiger partial charge on any atom is 0.323 e. The Kier molecular flexibility index (Phi) is 4.27. The van der Waals surface area contributed by atoms with Gasteiger partial charge >= 0.3 is 5.69 Å². The quantitative estimate of drug-likeness (QED) is 0.726. The number of H-pyrrole nitrogens is 2. The summed E-state index contributed by atoms with van der Waals surface area (Å²) in [5, 5.41) is 0. The van der Waals surface area contributed by atoms with Crippen molar-refractivity contribution in [2.24, 2.45) is 0 Å². The van der Waals surface area contributed by atoms with Gasteiger partial charge in [-0.2, -0.15) is 0 Å². The van der Waals surface area contributed by atoms with Crippen LogP contribution in [0, 0.1) is 6.92 Å². The Balaban J connectivity index is 1.45. The van der Waals surface area contributed by atoms with E-state index in [-0.39, 0.29) is 17.5 Å². The van der Waals surface area contributed by atoms with E-state index >= 15 is 0 Å². The van der Waals surface area contributed by atoms with Crippen molar-refractivity contribution in [3.05, 3.63) is 69.6 Å². The first-order chi connectivity index (χ1) is 13.0. The molecule has 7 heteroatoms. The molecule has 0 bridgehead atoms. The fourth-order valence-electron chi connectivity index (χ4n) is 3.44. The van der Waals surface area contributed by atoms with E-state index in [1.54, 1.807) is 28.0 Å². The summed E-state index contributed by atoms with van der Waals surface area (Å²) >= 11 is 0. The van der Waals surface area contributed by atoms with Crippen LogP contribution in [0.2, 0.25) is 0 Å². The van der Waals surface area contributed by atoms with E-state index < -0.39 is 0 Å². The number of aryl methyl sites for hydroxylation is 1. The number of nitrogens with zero attached hydrogens (tertiary/aromatic N) is 2. The maximum absolute atomic E-state index is 12.8. The number of carbonyl (C=O) groups is 2. The van der Waals surface area contributed by atoms with Crippen molar-refractivity contribution in [1.82, 2.24) is 19.8 Å². The Morgan fingerprint density at radius 1 is 0.852 bits per heavy atom. The Labute approximate surface area is 155 Å². The molecule has 1 aliphatic rings. The summed E-state index contributed by atoms with van der Waals surface area (Å²) < 4.78 is 0. The lowest BCUT2D eigenvalue weighted by molar-refractivity contribution is 0.0535. The zero-order chi connectivity index (χ0) is 19.0. The third-order valence-electron chi connectivity index (χ3n) is 4.99. The number of piperazine rings is 1. The van der Waals surface area contributed by atoms with Crippen molar-refractivity contribution in [1.29, 1.82) is 0 Å². The number of benzene rings is 2. The zero-order valence-electron chi connectivity index (χ0n) is 15.0. The Hall–Kier alpha value is -3.35. The van der Waals surface area contributed by atoms with E-state index in [0.717, 1.165) is 5.56 Å². The molecule has 0 unspecified atom stereocenters. The summed E-state index contributed by atoms with van der Waals surface area (Å²) in [4.78, 5) is 45.7. The minimum atomic E-state index is -0.294. The molecule has 4 rings (SSSR count). The van der Waals surface area contributed by atoms with Crippen LogP contribution in [0.4, 0.5) is 0 Å². The maximum atomic E-state index is 12.8. The third-order valence-corrected chi connectivity index (χ3v) is 4.99. The van der Waals surface area contributed by atoms with Crippen molar-refractivity contribution in [2.75, 3.05) is 26.2 Å². The molecule has 1 saturated heterocycles. The molecular formula is C20H20N4O3. The van der Waals surface area contributed by atoms with Gasteiger partial charge in [-0.25, -0.2) is 4.79 Å². The van der Waals surface area contributed by atoms with Crippen LogP contribution >= 0.6 is 0 Å². The minimum absolute atomic E-state index is 0.00603. The van der Waals surface area contributed by atoms with Crippen LogP contribution in [0.5, 0.6) is 0 Å². The summed E-state index contributed by atoms with van der Waals surface area (Å²) in [6.07, 6.45) is 0. The molecule has 0 spiro atoms. The lowest BCUT2D eigenvalue weighted by atomic mass is 10.1. The van der Waals surface area contributed by atoms with Gasteiger partial charge in [0.2, 0.25) is 0 Å². The molecule has 2 aromatic carbocycles. The van der Waals surface area contributed by atoms with E-state index in [0.29, 0.717) is 48.3 Å². The summed E-state index contributed by atoms with van der Waals surface area (Å²) in [7, 11) is 0. The third kappa shape index (κ3) is 3.23. The average molecular weight is 364 g/mol. The van der Waals surface area contributed by atoms with Crippen molar-refractivity contribution in [3.63, 3.8) is 0 Å². The van der Waals surface area contributed by atoms with Crippen molar-refractivity contribution in [2.45, 2.75) is 6.92 Å². The fraction of sp³-hybridized carbons (Fsp3) is 0.250. The fourth-order valence-corrected chi connectivity index (χ4v) is 3.44. The molecular weight excluding hydrogens is 344 g/mol. The summed E-state index contributed by atoms with van der Waals surface area (Å²) in [5.41, 5.74) is 3.17. The molecule has 0 aliphatic carbocycles. The number of rotatable bonds is 2. The first-order valence-corrected chi connectivity index (χ1v) is 8.89. The number of aromatic amines is 2. The van der Waals surface area contributed by atoms with Crippen LogP contribution in [0.3, 0.4) is 0 Å². The van der Waals surface area contributed by atoms with Gasteiger partial charge in [-0.1, -0.05) is 18.2 Å². The number of imidazole rings is 1. The summed E-state index contributed by atoms with van der Waals surface area (Å²) in [5.74, 6) is -0.0894. The molecule has 2 heterocycles. The van der Waals surface area contributed by atoms with E-state index in [1.165, 1.54) is 0 Å². The first kappa shape index (κ1) is 17.1. The monoisotopic (exact) mass is 364 g/mol. The minimum Gasteiger partial charge on any atom is -0.335 e. The topological polar surface area (TPSA) is 89.3 Å². The SMILES string of the molecule is Cc1ccccc1C(=O)N1CCN(C(=O)c2ccc3[nH]c(=O)[nH]c3c2)CC1. The molecule has 138 valence electrons. The van der Waals surface area contributed by atoms with Crippen molar-refractivity contribution >= 4 is 22.8 Å². The van der Waals surface area contributed by atoms with Gasteiger partial charge in [0.05, 0.1) is 11.0 Å². The molecule has 1 aliphatic heterocycles. The molecule has 1 aromatic heterocycles. The van der Waals surface area contributed by atoms with Gasteiger partial charge in [-0.05, 0) is 36.8 Å². The molecule has 2 N–H and O–H groups in total. The van der Waals surface area contributed by atoms with Crippen LogP contribution in [0.25, 0.3) is 11.0 Å². The highest BCUT2D eigenvalue weighted by Gasteiger charge is 2.26. The highest BCUT2D eigenvalue weighted by atomic mass is 16.2. The Morgan fingerprint density at radius 3 is 2.19 bits per heavy atom. The van der Waals surface area contributed by atoms with E-state index in [9.17, 15) is 14.4 Å². The van der Waals surface area contributed by atoms with E-state index in [4.69, 9.17) is 0 Å². The smallest absolute Gasteiger partial charge is 0.323 e. The second-order valence-electron chi connectivity index (χ2n) is 6.74. The lowest BCUT2D eigenvalue weighted by Crippen LogP contribution is -2.50. The second-order valence-corrected chi connectivity index (χ2v) is 6.74. The molecule has 7 nitrogen and oxygen atoms in total. The molecule has 3 aromatic rings. The molecule has 0 atom stereocenters. The average Bonchev–Trinajstić information content (AvgIpc) is 3.06. The van der Waals surface area contributed by atoms with Crippen LogP contribution in [0.15, 0.2) is 47.3 Å². The number of hydrogen-bond acceptors (Lipinski definition) is 3. The van der Waals surface area contributed by atoms with Gasteiger partial charge in [0.1, 0.15) is 0 Å². The molecule has 1 fully saturated rings. The van der Waals surface area contributed by atoms with Crippen LogP contribution in [-0.2, 0) is 0 Å². The number of aromatic nitrogens is 2. The van der Waals surface area contributed by atoms with Gasteiger partial charge < -0.3 is 19.8 Å². The second kappa shape index (κ2) is 6.75. The largest absolute Gasteiger partial charge is 0.335 e. The van der Waals surface area contributed by atoms with Gasteiger partial charge in [0.15, 0.2) is 0 Å². The van der Waals surface area contributed by atoms with Gasteiger partial charge in [0.25, 0.3) is 11.8 Å². The van der Waals surface area contributed by atoms with Crippen LogP contribution < -0.4 is 5.69 Å². The molecule has 27 heavy (non-hydrogen) atoms. The zero-order valence-corrected chi connectivity index (χ0v) is 15.0. The van der Waals surface area contributed by atoms with Crippen LogP contribution in [0.1, 0.15) is 26.3 Å². The van der Waals surface area contributed by atoms with Crippen molar-refractivity contribution in [3.8, 4) is 0 Å². The highest BCUT2D eigenvalue weighted by molar-refractivity contribution is 5.98.